The zero-order valence-corrected chi connectivity index (χ0v) is 22.6. The standard InChI is InChI=1S/C31H36FN5O2/c1-20(38)37(2)26-14-8-21(9-15-26)16-29(39)34-28-17-27(22-6-4-3-5-7-22)30(36-35-28)23-10-12-24(13-11-23)31(33)18-25(32)19-31/h3-7,10-13,17,21,25-26H,8-9,14-16,18-19,33H2,1-2H3,(H,34,35,39). The predicted octanol–water partition coefficient (Wildman–Crippen LogP) is 5.46. The molecular weight excluding hydrogens is 493 g/mol. The van der Waals surface area contributed by atoms with Gasteiger partial charge in [0, 0.05) is 55.9 Å². The van der Waals surface area contributed by atoms with Crippen molar-refractivity contribution in [3.8, 4) is 22.4 Å². The lowest BCUT2D eigenvalue weighted by Gasteiger charge is -2.41. The van der Waals surface area contributed by atoms with Crippen LogP contribution in [0.5, 0.6) is 0 Å². The average molecular weight is 530 g/mol. The van der Waals surface area contributed by atoms with Gasteiger partial charge in [0.15, 0.2) is 5.82 Å². The van der Waals surface area contributed by atoms with E-state index in [1.807, 2.05) is 72.6 Å². The Hall–Kier alpha value is -3.65. The number of carbonyl (C=O) groups is 2. The van der Waals surface area contributed by atoms with Crippen molar-refractivity contribution >= 4 is 17.6 Å². The number of carbonyl (C=O) groups excluding carboxylic acids is 2. The Morgan fingerprint density at radius 3 is 2.28 bits per heavy atom. The molecule has 2 amide bonds. The molecule has 0 unspecified atom stereocenters. The Labute approximate surface area is 229 Å². The van der Waals surface area contributed by atoms with Crippen LogP contribution >= 0.6 is 0 Å². The van der Waals surface area contributed by atoms with Gasteiger partial charge in [0.1, 0.15) is 11.9 Å². The van der Waals surface area contributed by atoms with Gasteiger partial charge in [-0.1, -0.05) is 54.6 Å². The van der Waals surface area contributed by atoms with Crippen LogP contribution in [0.3, 0.4) is 0 Å². The molecule has 1 heterocycles. The fraction of sp³-hybridized carbons (Fsp3) is 0.419. The van der Waals surface area contributed by atoms with Crippen LogP contribution in [0.15, 0.2) is 60.7 Å². The van der Waals surface area contributed by atoms with Gasteiger partial charge in [-0.2, -0.15) is 0 Å². The van der Waals surface area contributed by atoms with Gasteiger partial charge in [0.2, 0.25) is 11.8 Å². The first kappa shape index (κ1) is 26.9. The number of rotatable bonds is 7. The summed E-state index contributed by atoms with van der Waals surface area (Å²) in [6.07, 6.45) is 3.93. The summed E-state index contributed by atoms with van der Waals surface area (Å²) < 4.78 is 13.5. The van der Waals surface area contributed by atoms with Gasteiger partial charge < -0.3 is 16.0 Å². The van der Waals surface area contributed by atoms with Crippen molar-refractivity contribution in [2.45, 2.75) is 69.6 Å². The van der Waals surface area contributed by atoms with Crippen molar-refractivity contribution in [1.29, 1.82) is 0 Å². The van der Waals surface area contributed by atoms with E-state index in [1.54, 1.807) is 6.92 Å². The normalized spacial score (nSPS) is 24.5. The van der Waals surface area contributed by atoms with Crippen LogP contribution in [0.4, 0.5) is 10.2 Å². The van der Waals surface area contributed by atoms with E-state index < -0.39 is 11.7 Å². The van der Waals surface area contributed by atoms with Crippen LogP contribution in [0.1, 0.15) is 57.4 Å². The lowest BCUT2D eigenvalue weighted by Crippen LogP contribution is -2.50. The molecule has 0 saturated heterocycles. The number of benzene rings is 2. The summed E-state index contributed by atoms with van der Waals surface area (Å²) in [5.41, 5.74) is 10.1. The van der Waals surface area contributed by atoms with E-state index in [9.17, 15) is 14.0 Å². The third kappa shape index (κ3) is 6.01. The Balaban J connectivity index is 1.30. The van der Waals surface area contributed by atoms with Crippen molar-refractivity contribution in [3.05, 3.63) is 66.2 Å². The zero-order valence-electron chi connectivity index (χ0n) is 22.6. The second-order valence-electron chi connectivity index (χ2n) is 11.2. The molecule has 5 rings (SSSR count). The lowest BCUT2D eigenvalue weighted by molar-refractivity contribution is -0.130. The van der Waals surface area contributed by atoms with E-state index in [0.29, 0.717) is 30.8 Å². The maximum Gasteiger partial charge on any atom is 0.225 e. The number of nitrogens with one attached hydrogen (secondary N) is 1. The molecule has 0 spiro atoms. The highest BCUT2D eigenvalue weighted by molar-refractivity contribution is 5.91. The van der Waals surface area contributed by atoms with E-state index >= 15 is 0 Å². The molecule has 2 aliphatic carbocycles. The van der Waals surface area contributed by atoms with Crippen LogP contribution in [0.25, 0.3) is 22.4 Å². The topological polar surface area (TPSA) is 101 Å². The van der Waals surface area contributed by atoms with Crippen LogP contribution in [0.2, 0.25) is 0 Å². The minimum Gasteiger partial charge on any atom is -0.343 e. The molecule has 3 N–H and O–H groups in total. The number of amides is 2. The fourth-order valence-electron chi connectivity index (χ4n) is 5.88. The van der Waals surface area contributed by atoms with E-state index in [-0.39, 0.29) is 23.8 Å². The molecule has 204 valence electrons. The number of anilines is 1. The minimum absolute atomic E-state index is 0.0799. The van der Waals surface area contributed by atoms with Crippen molar-refractivity contribution in [1.82, 2.24) is 15.1 Å². The minimum atomic E-state index is -0.837. The Morgan fingerprint density at radius 2 is 1.67 bits per heavy atom. The molecule has 39 heavy (non-hydrogen) atoms. The SMILES string of the molecule is CC(=O)N(C)C1CCC(CC(=O)Nc2cc(-c3ccccc3)c(-c3ccc(C4(N)CC(F)C4)cc3)nn2)CC1. The molecule has 2 fully saturated rings. The molecule has 2 aliphatic rings. The largest absolute Gasteiger partial charge is 0.343 e. The maximum absolute atomic E-state index is 13.5. The zero-order chi connectivity index (χ0) is 27.6. The second-order valence-corrected chi connectivity index (χ2v) is 11.2. The molecule has 0 bridgehead atoms. The van der Waals surface area contributed by atoms with Gasteiger partial charge in [-0.3, -0.25) is 9.59 Å². The van der Waals surface area contributed by atoms with Crippen molar-refractivity contribution in [2.24, 2.45) is 11.7 Å². The summed E-state index contributed by atoms with van der Waals surface area (Å²) in [5.74, 6) is 0.701. The first-order valence-corrected chi connectivity index (χ1v) is 13.7. The number of nitrogens with two attached hydrogens (primary N) is 1. The first-order valence-electron chi connectivity index (χ1n) is 13.7. The van der Waals surface area contributed by atoms with Gasteiger partial charge in [0.05, 0.1) is 0 Å². The number of hydrogen-bond donors (Lipinski definition) is 2. The molecule has 2 aromatic carbocycles. The molecule has 2 saturated carbocycles. The number of alkyl halides is 1. The van der Waals surface area contributed by atoms with Crippen LogP contribution in [-0.4, -0.2) is 46.2 Å². The molecule has 7 nitrogen and oxygen atoms in total. The summed E-state index contributed by atoms with van der Waals surface area (Å²) in [5, 5.41) is 11.8. The smallest absolute Gasteiger partial charge is 0.225 e. The molecule has 0 aliphatic heterocycles. The number of hydrogen-bond acceptors (Lipinski definition) is 5. The van der Waals surface area contributed by atoms with E-state index in [0.717, 1.165) is 47.9 Å². The first-order chi connectivity index (χ1) is 18.7. The highest BCUT2D eigenvalue weighted by Gasteiger charge is 2.42. The van der Waals surface area contributed by atoms with E-state index in [1.165, 1.54) is 0 Å². The number of halogens is 1. The third-order valence-corrected chi connectivity index (χ3v) is 8.39. The third-order valence-electron chi connectivity index (χ3n) is 8.39. The Kier molecular flexibility index (Phi) is 7.75. The molecule has 3 aromatic rings. The summed E-state index contributed by atoms with van der Waals surface area (Å²) in [6.45, 7) is 1.59. The summed E-state index contributed by atoms with van der Waals surface area (Å²) in [7, 11) is 1.85. The van der Waals surface area contributed by atoms with Crippen LogP contribution in [-0.2, 0) is 15.1 Å². The number of aromatic nitrogens is 2. The summed E-state index contributed by atoms with van der Waals surface area (Å²) >= 11 is 0. The van der Waals surface area contributed by atoms with Crippen molar-refractivity contribution < 1.29 is 14.0 Å². The van der Waals surface area contributed by atoms with Gasteiger partial charge >= 0.3 is 0 Å². The molecule has 1 aromatic heterocycles. The molecular formula is C31H36FN5O2. The quantitative estimate of drug-likeness (QED) is 0.423. The van der Waals surface area contributed by atoms with Crippen LogP contribution in [0, 0.1) is 5.92 Å². The Bertz CT molecular complexity index is 1320. The van der Waals surface area contributed by atoms with Gasteiger partial charge in [-0.05, 0) is 48.8 Å². The molecule has 8 heteroatoms. The second kappa shape index (κ2) is 11.2. The molecule has 0 radical (unpaired) electrons. The average Bonchev–Trinajstić information content (AvgIpc) is 2.93. The van der Waals surface area contributed by atoms with Gasteiger partial charge in [0.25, 0.3) is 0 Å². The van der Waals surface area contributed by atoms with Crippen molar-refractivity contribution in [2.75, 3.05) is 12.4 Å². The number of nitrogens with zero attached hydrogens (tertiary/aromatic N) is 3. The highest BCUT2D eigenvalue weighted by Crippen LogP contribution is 2.41. The fourth-order valence-corrected chi connectivity index (χ4v) is 5.88. The highest BCUT2D eigenvalue weighted by atomic mass is 19.1. The van der Waals surface area contributed by atoms with E-state index in [4.69, 9.17) is 5.73 Å². The summed E-state index contributed by atoms with van der Waals surface area (Å²) in [4.78, 5) is 26.4. The molecule has 0 atom stereocenters. The summed E-state index contributed by atoms with van der Waals surface area (Å²) in [6, 6.07) is 19.8. The van der Waals surface area contributed by atoms with Crippen LogP contribution < -0.4 is 11.1 Å². The Morgan fingerprint density at radius 1 is 1.00 bits per heavy atom. The lowest BCUT2D eigenvalue weighted by atomic mass is 9.71. The predicted molar refractivity (Wildman–Crippen MR) is 150 cm³/mol. The van der Waals surface area contributed by atoms with Gasteiger partial charge in [-0.15, -0.1) is 10.2 Å². The van der Waals surface area contributed by atoms with E-state index in [2.05, 4.69) is 15.5 Å². The van der Waals surface area contributed by atoms with Gasteiger partial charge in [-0.25, -0.2) is 4.39 Å². The van der Waals surface area contributed by atoms with Crippen molar-refractivity contribution in [3.63, 3.8) is 0 Å². The maximum atomic E-state index is 13.5. The monoisotopic (exact) mass is 529 g/mol.